The zero-order valence-electron chi connectivity index (χ0n) is 11.4. The van der Waals surface area contributed by atoms with Crippen LogP contribution in [0.2, 0.25) is 0 Å². The van der Waals surface area contributed by atoms with Crippen LogP contribution in [-0.2, 0) is 11.2 Å². The van der Waals surface area contributed by atoms with Gasteiger partial charge < -0.3 is 10.4 Å². The number of nitrogens with one attached hydrogen (secondary N) is 1. The maximum absolute atomic E-state index is 11.8. The molecule has 2 atom stereocenters. The lowest BCUT2D eigenvalue weighted by atomic mass is 9.99. The Morgan fingerprint density at radius 3 is 2.44 bits per heavy atom. The Morgan fingerprint density at radius 2 is 1.89 bits per heavy atom. The Hall–Kier alpha value is -1.35. The van der Waals surface area contributed by atoms with Crippen LogP contribution in [0, 0.1) is 18.8 Å². The van der Waals surface area contributed by atoms with Gasteiger partial charge in [-0.2, -0.15) is 0 Å². The van der Waals surface area contributed by atoms with Crippen LogP contribution in [0.25, 0.3) is 0 Å². The SMILES string of the molecule is Cc1ccc(CC(C)C(=O)NCC(C)CO)cc1. The predicted molar refractivity (Wildman–Crippen MR) is 73.3 cm³/mol. The van der Waals surface area contributed by atoms with Crippen molar-refractivity contribution in [2.45, 2.75) is 27.2 Å². The highest BCUT2D eigenvalue weighted by Gasteiger charge is 2.13. The minimum Gasteiger partial charge on any atom is -0.396 e. The Kier molecular flexibility index (Phi) is 5.86. The summed E-state index contributed by atoms with van der Waals surface area (Å²) in [5.41, 5.74) is 2.41. The average molecular weight is 249 g/mol. The third-order valence-corrected chi connectivity index (χ3v) is 3.05. The van der Waals surface area contributed by atoms with E-state index in [1.807, 2.05) is 13.8 Å². The third kappa shape index (κ3) is 4.88. The zero-order valence-corrected chi connectivity index (χ0v) is 11.4. The molecule has 1 aromatic carbocycles. The van der Waals surface area contributed by atoms with E-state index in [0.29, 0.717) is 6.54 Å². The van der Waals surface area contributed by atoms with E-state index in [1.165, 1.54) is 11.1 Å². The molecule has 0 spiro atoms. The van der Waals surface area contributed by atoms with Crippen LogP contribution in [-0.4, -0.2) is 24.2 Å². The van der Waals surface area contributed by atoms with Gasteiger partial charge in [-0.15, -0.1) is 0 Å². The first-order valence-electron chi connectivity index (χ1n) is 6.47. The normalized spacial score (nSPS) is 14.0. The van der Waals surface area contributed by atoms with E-state index >= 15 is 0 Å². The first kappa shape index (κ1) is 14.7. The van der Waals surface area contributed by atoms with Crippen molar-refractivity contribution in [2.75, 3.05) is 13.2 Å². The molecule has 0 aromatic heterocycles. The molecule has 0 saturated carbocycles. The number of carbonyl (C=O) groups excluding carboxylic acids is 1. The number of hydrogen-bond donors (Lipinski definition) is 2. The minimum absolute atomic E-state index is 0.0430. The fraction of sp³-hybridized carbons (Fsp3) is 0.533. The van der Waals surface area contributed by atoms with Gasteiger partial charge in [0.15, 0.2) is 0 Å². The Balaban J connectivity index is 2.42. The van der Waals surface area contributed by atoms with Gasteiger partial charge in [-0.25, -0.2) is 0 Å². The number of rotatable bonds is 6. The molecule has 18 heavy (non-hydrogen) atoms. The number of amides is 1. The van der Waals surface area contributed by atoms with E-state index in [0.717, 1.165) is 6.42 Å². The quantitative estimate of drug-likeness (QED) is 0.809. The minimum atomic E-state index is -0.0430. The first-order valence-corrected chi connectivity index (χ1v) is 6.47. The van der Waals surface area contributed by atoms with Crippen LogP contribution in [0.4, 0.5) is 0 Å². The molecule has 0 aliphatic carbocycles. The molecule has 0 radical (unpaired) electrons. The molecule has 3 nitrogen and oxygen atoms in total. The summed E-state index contributed by atoms with van der Waals surface area (Å²) in [5.74, 6) is 0.120. The van der Waals surface area contributed by atoms with Gasteiger partial charge in [0.05, 0.1) is 0 Å². The lowest BCUT2D eigenvalue weighted by Gasteiger charge is -2.14. The van der Waals surface area contributed by atoms with Gasteiger partial charge in [0.2, 0.25) is 5.91 Å². The summed E-state index contributed by atoms with van der Waals surface area (Å²) in [7, 11) is 0. The highest BCUT2D eigenvalue weighted by atomic mass is 16.3. The smallest absolute Gasteiger partial charge is 0.223 e. The molecule has 0 heterocycles. The van der Waals surface area contributed by atoms with Gasteiger partial charge in [0, 0.05) is 19.1 Å². The number of aliphatic hydroxyl groups excluding tert-OH is 1. The van der Waals surface area contributed by atoms with E-state index in [1.54, 1.807) is 0 Å². The van der Waals surface area contributed by atoms with Crippen molar-refractivity contribution in [3.63, 3.8) is 0 Å². The summed E-state index contributed by atoms with van der Waals surface area (Å²) < 4.78 is 0. The van der Waals surface area contributed by atoms with E-state index in [9.17, 15) is 4.79 Å². The summed E-state index contributed by atoms with van der Waals surface area (Å²) in [6, 6.07) is 8.26. The van der Waals surface area contributed by atoms with E-state index in [-0.39, 0.29) is 24.3 Å². The standard InChI is InChI=1S/C15H23NO2/c1-11-4-6-14(7-5-11)8-13(3)15(18)16-9-12(2)10-17/h4-7,12-13,17H,8-10H2,1-3H3,(H,16,18). The topological polar surface area (TPSA) is 49.3 Å². The van der Waals surface area contributed by atoms with Crippen LogP contribution in [0.5, 0.6) is 0 Å². The maximum atomic E-state index is 11.8. The molecule has 100 valence electrons. The molecule has 0 bridgehead atoms. The molecule has 0 saturated heterocycles. The lowest BCUT2D eigenvalue weighted by molar-refractivity contribution is -0.124. The van der Waals surface area contributed by atoms with E-state index < -0.39 is 0 Å². The van der Waals surface area contributed by atoms with Crippen molar-refractivity contribution in [3.8, 4) is 0 Å². The number of hydrogen-bond acceptors (Lipinski definition) is 2. The van der Waals surface area contributed by atoms with Crippen LogP contribution in [0.1, 0.15) is 25.0 Å². The monoisotopic (exact) mass is 249 g/mol. The van der Waals surface area contributed by atoms with Crippen molar-refractivity contribution in [3.05, 3.63) is 35.4 Å². The molecule has 2 unspecified atom stereocenters. The summed E-state index contributed by atoms with van der Waals surface area (Å²) in [6.45, 7) is 6.53. The molecule has 0 fully saturated rings. The molecule has 0 aliphatic heterocycles. The van der Waals surface area contributed by atoms with Gasteiger partial charge in [-0.3, -0.25) is 4.79 Å². The van der Waals surface area contributed by atoms with Gasteiger partial charge >= 0.3 is 0 Å². The van der Waals surface area contributed by atoms with Gasteiger partial charge in [0.1, 0.15) is 0 Å². The number of aryl methyl sites for hydroxylation is 1. The van der Waals surface area contributed by atoms with Crippen LogP contribution in [0.3, 0.4) is 0 Å². The second-order valence-corrected chi connectivity index (χ2v) is 5.12. The van der Waals surface area contributed by atoms with Gasteiger partial charge in [-0.1, -0.05) is 43.7 Å². The number of carbonyl (C=O) groups is 1. The Labute approximate surface area is 109 Å². The zero-order chi connectivity index (χ0) is 13.5. The number of benzene rings is 1. The molecule has 0 aliphatic rings. The molecule has 1 aromatic rings. The summed E-state index contributed by atoms with van der Waals surface area (Å²) >= 11 is 0. The fourth-order valence-corrected chi connectivity index (χ4v) is 1.68. The second kappa shape index (κ2) is 7.17. The van der Waals surface area contributed by atoms with Crippen LogP contribution < -0.4 is 5.32 Å². The van der Waals surface area contributed by atoms with Crippen molar-refractivity contribution >= 4 is 5.91 Å². The van der Waals surface area contributed by atoms with Crippen LogP contribution >= 0.6 is 0 Å². The van der Waals surface area contributed by atoms with Gasteiger partial charge in [0.25, 0.3) is 0 Å². The van der Waals surface area contributed by atoms with E-state index in [4.69, 9.17) is 5.11 Å². The summed E-state index contributed by atoms with van der Waals surface area (Å²) in [5, 5.41) is 11.8. The molecule has 1 amide bonds. The molecular formula is C15H23NO2. The third-order valence-electron chi connectivity index (χ3n) is 3.05. The summed E-state index contributed by atoms with van der Waals surface area (Å²) in [4.78, 5) is 11.8. The van der Waals surface area contributed by atoms with Crippen molar-refractivity contribution in [2.24, 2.45) is 11.8 Å². The molecule has 1 rings (SSSR count). The summed E-state index contributed by atoms with van der Waals surface area (Å²) in [6.07, 6.45) is 0.750. The Morgan fingerprint density at radius 1 is 1.28 bits per heavy atom. The molecule has 2 N–H and O–H groups in total. The van der Waals surface area contributed by atoms with Crippen molar-refractivity contribution in [1.82, 2.24) is 5.32 Å². The predicted octanol–water partition coefficient (Wildman–Crippen LogP) is 1.92. The van der Waals surface area contributed by atoms with Crippen molar-refractivity contribution < 1.29 is 9.90 Å². The number of aliphatic hydroxyl groups is 1. The molecular weight excluding hydrogens is 226 g/mol. The average Bonchev–Trinajstić information content (AvgIpc) is 2.38. The first-order chi connectivity index (χ1) is 8.52. The second-order valence-electron chi connectivity index (χ2n) is 5.12. The molecule has 3 heteroatoms. The van der Waals surface area contributed by atoms with Crippen LogP contribution in [0.15, 0.2) is 24.3 Å². The van der Waals surface area contributed by atoms with Gasteiger partial charge in [-0.05, 0) is 24.8 Å². The highest BCUT2D eigenvalue weighted by molar-refractivity contribution is 5.78. The lowest BCUT2D eigenvalue weighted by Crippen LogP contribution is -2.34. The van der Waals surface area contributed by atoms with Crippen molar-refractivity contribution in [1.29, 1.82) is 0 Å². The Bertz CT molecular complexity index is 373. The van der Waals surface area contributed by atoms with E-state index in [2.05, 4.69) is 36.5 Å². The largest absolute Gasteiger partial charge is 0.396 e. The fourth-order valence-electron chi connectivity index (χ4n) is 1.68. The maximum Gasteiger partial charge on any atom is 0.223 e. The highest BCUT2D eigenvalue weighted by Crippen LogP contribution is 2.10.